The Balaban J connectivity index is 1.69. The van der Waals surface area contributed by atoms with Gasteiger partial charge in [-0.1, -0.05) is 44.2 Å². The van der Waals surface area contributed by atoms with E-state index in [1.54, 1.807) is 0 Å². The summed E-state index contributed by atoms with van der Waals surface area (Å²) in [7, 11) is 0. The maximum absolute atomic E-state index is 12.0. The van der Waals surface area contributed by atoms with Crippen LogP contribution in [0.5, 0.6) is 5.75 Å². The van der Waals surface area contributed by atoms with Crippen molar-refractivity contribution in [1.82, 2.24) is 0 Å². The van der Waals surface area contributed by atoms with Crippen LogP contribution in [0.1, 0.15) is 38.7 Å². The molecule has 0 heterocycles. The highest BCUT2D eigenvalue weighted by Crippen LogP contribution is 2.17. The van der Waals surface area contributed by atoms with Gasteiger partial charge in [0.15, 0.2) is 0 Å². The molecule has 0 unspecified atom stereocenters. The summed E-state index contributed by atoms with van der Waals surface area (Å²) in [5.74, 6) is 1.54. The molecule has 3 nitrogen and oxygen atoms in total. The van der Waals surface area contributed by atoms with Gasteiger partial charge >= 0.3 is 0 Å². The van der Waals surface area contributed by atoms with Crippen LogP contribution in [0, 0.1) is 5.92 Å². The third kappa shape index (κ3) is 6.86. The monoisotopic (exact) mass is 325 g/mol. The smallest absolute Gasteiger partial charge is 0.224 e. The van der Waals surface area contributed by atoms with E-state index in [0.29, 0.717) is 12.3 Å². The van der Waals surface area contributed by atoms with E-state index in [-0.39, 0.29) is 5.91 Å². The van der Waals surface area contributed by atoms with Crippen molar-refractivity contribution in [3.8, 4) is 5.75 Å². The molecule has 0 aliphatic rings. The standard InChI is InChI=1S/C21H27NO2/c1-17(2)15-16-24-20-13-11-19(12-14-20)22-21(23)10-6-9-18-7-4-3-5-8-18/h3-5,7-8,11-14,17H,6,9-10,15-16H2,1-2H3,(H,22,23). The molecular formula is C21H27NO2. The van der Waals surface area contributed by atoms with Gasteiger partial charge in [0.25, 0.3) is 0 Å². The van der Waals surface area contributed by atoms with Gasteiger partial charge in [-0.15, -0.1) is 0 Å². The maximum atomic E-state index is 12.0. The number of amides is 1. The molecule has 0 fully saturated rings. The molecule has 2 rings (SSSR count). The van der Waals surface area contributed by atoms with Gasteiger partial charge in [0, 0.05) is 12.1 Å². The number of benzene rings is 2. The predicted molar refractivity (Wildman–Crippen MR) is 99.4 cm³/mol. The number of carbonyl (C=O) groups excluding carboxylic acids is 1. The van der Waals surface area contributed by atoms with Gasteiger partial charge in [0.2, 0.25) is 5.91 Å². The topological polar surface area (TPSA) is 38.3 Å². The van der Waals surface area contributed by atoms with E-state index in [0.717, 1.165) is 37.3 Å². The van der Waals surface area contributed by atoms with Crippen molar-refractivity contribution >= 4 is 11.6 Å². The Morgan fingerprint density at radius 3 is 2.42 bits per heavy atom. The van der Waals surface area contributed by atoms with Gasteiger partial charge in [0.1, 0.15) is 5.75 Å². The fraction of sp³-hybridized carbons (Fsp3) is 0.381. The number of nitrogens with one attached hydrogen (secondary N) is 1. The van der Waals surface area contributed by atoms with E-state index in [1.165, 1.54) is 5.56 Å². The fourth-order valence-electron chi connectivity index (χ4n) is 2.37. The molecule has 1 N–H and O–H groups in total. The average molecular weight is 325 g/mol. The first-order chi connectivity index (χ1) is 11.6. The number of hydrogen-bond acceptors (Lipinski definition) is 2. The van der Waals surface area contributed by atoms with Crippen molar-refractivity contribution in [3.05, 3.63) is 60.2 Å². The minimum Gasteiger partial charge on any atom is -0.494 e. The molecule has 0 spiro atoms. The number of ether oxygens (including phenoxy) is 1. The Bertz CT molecular complexity index is 605. The van der Waals surface area contributed by atoms with E-state index >= 15 is 0 Å². The van der Waals surface area contributed by atoms with Crippen LogP contribution in [-0.4, -0.2) is 12.5 Å². The Labute approximate surface area is 145 Å². The molecule has 0 bridgehead atoms. The second-order valence-electron chi connectivity index (χ2n) is 6.44. The van der Waals surface area contributed by atoms with E-state index < -0.39 is 0 Å². The molecule has 1 amide bonds. The highest BCUT2D eigenvalue weighted by molar-refractivity contribution is 5.90. The lowest BCUT2D eigenvalue weighted by molar-refractivity contribution is -0.116. The zero-order chi connectivity index (χ0) is 17.2. The van der Waals surface area contributed by atoms with E-state index in [1.807, 2.05) is 42.5 Å². The molecule has 0 aliphatic carbocycles. The molecule has 24 heavy (non-hydrogen) atoms. The summed E-state index contributed by atoms with van der Waals surface area (Å²) in [6, 6.07) is 17.8. The molecule has 3 heteroatoms. The van der Waals surface area contributed by atoms with Gasteiger partial charge in [-0.05, 0) is 55.0 Å². The number of aryl methyl sites for hydroxylation is 1. The van der Waals surface area contributed by atoms with Crippen LogP contribution >= 0.6 is 0 Å². The van der Waals surface area contributed by atoms with Crippen molar-refractivity contribution in [2.45, 2.75) is 39.5 Å². The van der Waals surface area contributed by atoms with Crippen LogP contribution in [0.4, 0.5) is 5.69 Å². The molecular weight excluding hydrogens is 298 g/mol. The Hall–Kier alpha value is -2.29. The first kappa shape index (κ1) is 18.1. The summed E-state index contributed by atoms with van der Waals surface area (Å²) in [4.78, 5) is 12.0. The lowest BCUT2D eigenvalue weighted by Gasteiger charge is -2.09. The summed E-state index contributed by atoms with van der Waals surface area (Å²) >= 11 is 0. The lowest BCUT2D eigenvalue weighted by atomic mass is 10.1. The molecule has 128 valence electrons. The summed E-state index contributed by atoms with van der Waals surface area (Å²) in [6.07, 6.45) is 3.35. The Kier molecular flexibility index (Phi) is 7.34. The van der Waals surface area contributed by atoms with Crippen LogP contribution in [0.3, 0.4) is 0 Å². The first-order valence-electron chi connectivity index (χ1n) is 8.70. The second kappa shape index (κ2) is 9.76. The number of anilines is 1. The van der Waals surface area contributed by atoms with Gasteiger partial charge in [0.05, 0.1) is 6.61 Å². The first-order valence-corrected chi connectivity index (χ1v) is 8.70. The van der Waals surface area contributed by atoms with Crippen LogP contribution in [0.2, 0.25) is 0 Å². The molecule has 0 aliphatic heterocycles. The highest BCUT2D eigenvalue weighted by atomic mass is 16.5. The number of hydrogen-bond donors (Lipinski definition) is 1. The molecule has 2 aromatic carbocycles. The molecule has 2 aromatic rings. The highest BCUT2D eigenvalue weighted by Gasteiger charge is 2.03. The Morgan fingerprint density at radius 2 is 1.75 bits per heavy atom. The van der Waals surface area contributed by atoms with Gasteiger partial charge in [-0.3, -0.25) is 4.79 Å². The largest absolute Gasteiger partial charge is 0.494 e. The van der Waals surface area contributed by atoms with Gasteiger partial charge in [-0.25, -0.2) is 0 Å². The Morgan fingerprint density at radius 1 is 1.04 bits per heavy atom. The van der Waals surface area contributed by atoms with E-state index in [9.17, 15) is 4.79 Å². The van der Waals surface area contributed by atoms with Crippen molar-refractivity contribution in [2.24, 2.45) is 5.92 Å². The van der Waals surface area contributed by atoms with Crippen molar-refractivity contribution in [1.29, 1.82) is 0 Å². The van der Waals surface area contributed by atoms with Crippen LogP contribution in [0.25, 0.3) is 0 Å². The molecule has 0 saturated carbocycles. The molecule has 0 aromatic heterocycles. The van der Waals surface area contributed by atoms with E-state index in [2.05, 4.69) is 31.3 Å². The third-order valence-electron chi connectivity index (χ3n) is 3.81. The summed E-state index contributed by atoms with van der Waals surface area (Å²) < 4.78 is 5.68. The van der Waals surface area contributed by atoms with E-state index in [4.69, 9.17) is 4.74 Å². The number of rotatable bonds is 9. The average Bonchev–Trinajstić information content (AvgIpc) is 2.57. The second-order valence-corrected chi connectivity index (χ2v) is 6.44. The van der Waals surface area contributed by atoms with Crippen LogP contribution < -0.4 is 10.1 Å². The van der Waals surface area contributed by atoms with Crippen LogP contribution in [0.15, 0.2) is 54.6 Å². The summed E-state index contributed by atoms with van der Waals surface area (Å²) in [5.41, 5.74) is 2.09. The number of carbonyl (C=O) groups is 1. The molecule has 0 radical (unpaired) electrons. The van der Waals surface area contributed by atoms with Crippen molar-refractivity contribution in [2.75, 3.05) is 11.9 Å². The maximum Gasteiger partial charge on any atom is 0.224 e. The molecule has 0 atom stereocenters. The minimum absolute atomic E-state index is 0.0550. The quantitative estimate of drug-likeness (QED) is 0.699. The SMILES string of the molecule is CC(C)CCOc1ccc(NC(=O)CCCc2ccccc2)cc1. The lowest BCUT2D eigenvalue weighted by Crippen LogP contribution is -2.11. The van der Waals surface area contributed by atoms with Crippen molar-refractivity contribution in [3.63, 3.8) is 0 Å². The summed E-state index contributed by atoms with van der Waals surface area (Å²) in [5, 5.41) is 2.94. The van der Waals surface area contributed by atoms with Crippen molar-refractivity contribution < 1.29 is 9.53 Å². The fourth-order valence-corrected chi connectivity index (χ4v) is 2.37. The zero-order valence-electron chi connectivity index (χ0n) is 14.6. The van der Waals surface area contributed by atoms with Gasteiger partial charge in [-0.2, -0.15) is 0 Å². The minimum atomic E-state index is 0.0550. The van der Waals surface area contributed by atoms with Gasteiger partial charge < -0.3 is 10.1 Å². The normalized spacial score (nSPS) is 10.6. The molecule has 0 saturated heterocycles. The van der Waals surface area contributed by atoms with Crippen LogP contribution in [-0.2, 0) is 11.2 Å². The summed E-state index contributed by atoms with van der Waals surface area (Å²) in [6.45, 7) is 5.09. The predicted octanol–water partition coefficient (Wildman–Crippen LogP) is 5.07. The third-order valence-corrected chi connectivity index (χ3v) is 3.81. The zero-order valence-corrected chi connectivity index (χ0v) is 14.6.